The fourth-order valence-electron chi connectivity index (χ4n) is 4.23. The number of hydrogen-bond acceptors (Lipinski definition) is 4. The number of pyridine rings is 1. The van der Waals surface area contributed by atoms with E-state index in [-0.39, 0.29) is 0 Å². The first-order chi connectivity index (χ1) is 11.3. The van der Waals surface area contributed by atoms with Gasteiger partial charge < -0.3 is 14.4 Å². The van der Waals surface area contributed by atoms with Crippen LogP contribution in [0.1, 0.15) is 44.0 Å². The number of likely N-dealkylation sites (tertiary alicyclic amines) is 2. The van der Waals surface area contributed by atoms with Crippen LogP contribution in [0, 0.1) is 0 Å². The van der Waals surface area contributed by atoms with Crippen LogP contribution in [0.4, 0.5) is 0 Å². The van der Waals surface area contributed by atoms with Crippen molar-refractivity contribution in [1.29, 1.82) is 0 Å². The number of rotatable bonds is 3. The molecule has 0 bridgehead atoms. The van der Waals surface area contributed by atoms with Gasteiger partial charge in [-0.3, -0.25) is 0 Å². The van der Waals surface area contributed by atoms with Crippen molar-refractivity contribution in [3.63, 3.8) is 0 Å². The van der Waals surface area contributed by atoms with Crippen molar-refractivity contribution in [2.24, 2.45) is 0 Å². The van der Waals surface area contributed by atoms with Gasteiger partial charge >= 0.3 is 0 Å². The molecule has 4 rings (SSSR count). The Bertz CT molecular complexity index is 671. The van der Waals surface area contributed by atoms with E-state index in [0.29, 0.717) is 12.0 Å². The quantitative estimate of drug-likeness (QED) is 0.872. The molecule has 2 fully saturated rings. The minimum Gasteiger partial charge on any atom is -0.309 e. The molecule has 124 valence electrons. The van der Waals surface area contributed by atoms with Crippen LogP contribution in [0.2, 0.25) is 0 Å². The molecule has 0 radical (unpaired) electrons. The standard InChI is InChI=1S/C18H27N5/c1-3-22-11-7-15(8-12-22)23-17(14-6-10-21(2)13-14)20-16-5-4-9-19-18(16)23/h4-5,9,14-15H,3,6-8,10-13H2,1-2H3. The summed E-state index contributed by atoms with van der Waals surface area (Å²) in [4.78, 5) is 14.6. The van der Waals surface area contributed by atoms with Crippen molar-refractivity contribution in [1.82, 2.24) is 24.3 Å². The fraction of sp³-hybridized carbons (Fsp3) is 0.667. The van der Waals surface area contributed by atoms with Crippen molar-refractivity contribution in [3.05, 3.63) is 24.2 Å². The van der Waals surface area contributed by atoms with E-state index in [1.165, 1.54) is 44.7 Å². The molecule has 2 saturated heterocycles. The first-order valence-corrected chi connectivity index (χ1v) is 9.00. The third-order valence-corrected chi connectivity index (χ3v) is 5.60. The summed E-state index contributed by atoms with van der Waals surface area (Å²) in [6.07, 6.45) is 5.55. The summed E-state index contributed by atoms with van der Waals surface area (Å²) in [5.74, 6) is 1.83. The van der Waals surface area contributed by atoms with E-state index in [2.05, 4.69) is 39.4 Å². The second-order valence-electron chi connectivity index (χ2n) is 7.10. The van der Waals surface area contributed by atoms with E-state index >= 15 is 0 Å². The smallest absolute Gasteiger partial charge is 0.160 e. The number of fused-ring (bicyclic) bond motifs is 1. The van der Waals surface area contributed by atoms with Gasteiger partial charge in [0.25, 0.3) is 0 Å². The zero-order valence-electron chi connectivity index (χ0n) is 14.3. The Morgan fingerprint density at radius 3 is 2.70 bits per heavy atom. The van der Waals surface area contributed by atoms with Crippen molar-refractivity contribution < 1.29 is 0 Å². The Morgan fingerprint density at radius 2 is 2.00 bits per heavy atom. The zero-order chi connectivity index (χ0) is 15.8. The molecule has 5 nitrogen and oxygen atoms in total. The molecule has 0 aliphatic carbocycles. The van der Waals surface area contributed by atoms with Crippen LogP contribution in [0.15, 0.2) is 18.3 Å². The molecule has 0 aromatic carbocycles. The molecular formula is C18H27N5. The van der Waals surface area contributed by atoms with Crippen molar-refractivity contribution >= 4 is 11.2 Å². The van der Waals surface area contributed by atoms with Crippen molar-refractivity contribution in [3.8, 4) is 0 Å². The average molecular weight is 313 g/mol. The molecule has 0 N–H and O–H groups in total. The van der Waals surface area contributed by atoms with Crippen LogP contribution in [0.3, 0.4) is 0 Å². The van der Waals surface area contributed by atoms with Gasteiger partial charge in [0.1, 0.15) is 11.3 Å². The molecule has 5 heteroatoms. The van der Waals surface area contributed by atoms with E-state index in [0.717, 1.165) is 24.3 Å². The van der Waals surface area contributed by atoms with Gasteiger partial charge in [-0.2, -0.15) is 0 Å². The third-order valence-electron chi connectivity index (χ3n) is 5.60. The summed E-state index contributed by atoms with van der Waals surface area (Å²) in [5, 5.41) is 0. The SMILES string of the molecule is CCN1CCC(n2c(C3CCN(C)C3)nc3cccnc32)CC1. The molecule has 2 aliphatic heterocycles. The number of aromatic nitrogens is 3. The monoisotopic (exact) mass is 313 g/mol. The summed E-state index contributed by atoms with van der Waals surface area (Å²) < 4.78 is 2.49. The Hall–Kier alpha value is -1.46. The van der Waals surface area contributed by atoms with Crippen LogP contribution in [0.25, 0.3) is 11.2 Å². The normalized spacial score (nSPS) is 24.7. The summed E-state index contributed by atoms with van der Waals surface area (Å²) in [5.41, 5.74) is 2.15. The summed E-state index contributed by atoms with van der Waals surface area (Å²) in [7, 11) is 2.21. The summed E-state index contributed by atoms with van der Waals surface area (Å²) in [6, 6.07) is 4.67. The highest BCUT2D eigenvalue weighted by molar-refractivity contribution is 5.71. The number of nitrogens with zero attached hydrogens (tertiary/aromatic N) is 5. The Morgan fingerprint density at radius 1 is 1.17 bits per heavy atom. The first-order valence-electron chi connectivity index (χ1n) is 9.00. The van der Waals surface area contributed by atoms with Gasteiger partial charge in [-0.25, -0.2) is 9.97 Å². The molecule has 2 aliphatic rings. The maximum atomic E-state index is 5.00. The van der Waals surface area contributed by atoms with Crippen LogP contribution in [0.5, 0.6) is 0 Å². The van der Waals surface area contributed by atoms with Gasteiger partial charge in [0.05, 0.1) is 0 Å². The second-order valence-corrected chi connectivity index (χ2v) is 7.10. The number of hydrogen-bond donors (Lipinski definition) is 0. The molecular weight excluding hydrogens is 286 g/mol. The molecule has 0 amide bonds. The predicted molar refractivity (Wildman–Crippen MR) is 92.8 cm³/mol. The third kappa shape index (κ3) is 2.76. The first kappa shape index (κ1) is 15.1. The van der Waals surface area contributed by atoms with Crippen LogP contribution in [-0.2, 0) is 0 Å². The Kier molecular flexibility index (Phi) is 4.07. The number of likely N-dealkylation sites (N-methyl/N-ethyl adjacent to an activating group) is 1. The molecule has 0 spiro atoms. The topological polar surface area (TPSA) is 37.2 Å². The highest BCUT2D eigenvalue weighted by Crippen LogP contribution is 2.34. The van der Waals surface area contributed by atoms with E-state index < -0.39 is 0 Å². The molecule has 2 aromatic rings. The van der Waals surface area contributed by atoms with Crippen LogP contribution in [-0.4, -0.2) is 64.1 Å². The Balaban J connectivity index is 1.71. The summed E-state index contributed by atoms with van der Waals surface area (Å²) >= 11 is 0. The maximum absolute atomic E-state index is 5.00. The van der Waals surface area contributed by atoms with Crippen LogP contribution >= 0.6 is 0 Å². The second kappa shape index (κ2) is 6.21. The minimum absolute atomic E-state index is 0.554. The highest BCUT2D eigenvalue weighted by atomic mass is 15.2. The van der Waals surface area contributed by atoms with E-state index in [4.69, 9.17) is 4.98 Å². The van der Waals surface area contributed by atoms with E-state index in [1.807, 2.05) is 12.3 Å². The molecule has 2 aromatic heterocycles. The fourth-order valence-corrected chi connectivity index (χ4v) is 4.23. The molecule has 0 saturated carbocycles. The molecule has 23 heavy (non-hydrogen) atoms. The van der Waals surface area contributed by atoms with Crippen LogP contribution < -0.4 is 0 Å². The highest BCUT2D eigenvalue weighted by Gasteiger charge is 2.30. The lowest BCUT2D eigenvalue weighted by Gasteiger charge is -2.33. The lowest BCUT2D eigenvalue weighted by Crippen LogP contribution is -2.35. The van der Waals surface area contributed by atoms with E-state index in [9.17, 15) is 0 Å². The molecule has 1 unspecified atom stereocenters. The maximum Gasteiger partial charge on any atom is 0.160 e. The van der Waals surface area contributed by atoms with Gasteiger partial charge in [0.15, 0.2) is 5.65 Å². The largest absolute Gasteiger partial charge is 0.309 e. The average Bonchev–Trinajstić information content (AvgIpc) is 3.18. The zero-order valence-corrected chi connectivity index (χ0v) is 14.3. The van der Waals surface area contributed by atoms with Gasteiger partial charge in [-0.05, 0) is 51.5 Å². The summed E-state index contributed by atoms with van der Waals surface area (Å²) in [6.45, 7) is 8.10. The minimum atomic E-state index is 0.554. The molecule has 1 atom stereocenters. The van der Waals surface area contributed by atoms with Gasteiger partial charge in [0.2, 0.25) is 0 Å². The number of piperidine rings is 1. The molecule has 4 heterocycles. The van der Waals surface area contributed by atoms with Gasteiger partial charge in [0, 0.05) is 37.8 Å². The van der Waals surface area contributed by atoms with Gasteiger partial charge in [-0.1, -0.05) is 6.92 Å². The number of imidazole rings is 1. The van der Waals surface area contributed by atoms with Gasteiger partial charge in [-0.15, -0.1) is 0 Å². The van der Waals surface area contributed by atoms with Crippen molar-refractivity contribution in [2.75, 3.05) is 39.8 Å². The lowest BCUT2D eigenvalue weighted by atomic mass is 10.0. The van der Waals surface area contributed by atoms with E-state index in [1.54, 1.807) is 0 Å². The van der Waals surface area contributed by atoms with Crippen molar-refractivity contribution in [2.45, 2.75) is 38.1 Å². The lowest BCUT2D eigenvalue weighted by molar-refractivity contribution is 0.193. The Labute approximate surface area is 138 Å². The predicted octanol–water partition coefficient (Wildman–Crippen LogP) is 2.51.